The van der Waals surface area contributed by atoms with Gasteiger partial charge in [-0.2, -0.15) is 0 Å². The first-order chi connectivity index (χ1) is 13.9. The van der Waals surface area contributed by atoms with Crippen molar-refractivity contribution < 1.29 is 4.80 Å². The molecular weight excluding hydrogens is 370 g/mol. The molecule has 0 unspecified atom stereocenters. The lowest BCUT2D eigenvalue weighted by atomic mass is 9.95. The van der Waals surface area contributed by atoms with Gasteiger partial charge in [0, 0.05) is 11.1 Å². The standard InChI is InChI=1S/C26H27NOSi/c1-26(2,19-20-11-9-17-24-23(20)16-10-18-25(24)27)29(28,21-12-5-3-6-13-21)22-14-7-4-8-15-22/h3-18,28H,19,27H2,1-2H3. The van der Waals surface area contributed by atoms with Crippen LogP contribution >= 0.6 is 0 Å². The summed E-state index contributed by atoms with van der Waals surface area (Å²) in [6.45, 7) is 4.40. The van der Waals surface area contributed by atoms with E-state index >= 15 is 0 Å². The van der Waals surface area contributed by atoms with E-state index < -0.39 is 8.32 Å². The molecule has 0 radical (unpaired) electrons. The van der Waals surface area contributed by atoms with Crippen LogP contribution in [0.1, 0.15) is 19.4 Å². The lowest BCUT2D eigenvalue weighted by Gasteiger charge is -2.41. The fraction of sp³-hybridized carbons (Fsp3) is 0.154. The van der Waals surface area contributed by atoms with Crippen molar-refractivity contribution in [2.24, 2.45) is 0 Å². The summed E-state index contributed by atoms with van der Waals surface area (Å²) in [5, 5.41) is 3.98. The lowest BCUT2D eigenvalue weighted by molar-refractivity contribution is 0.485. The maximum absolute atomic E-state index is 12.4. The van der Waals surface area contributed by atoms with E-state index in [0.29, 0.717) is 0 Å². The van der Waals surface area contributed by atoms with E-state index in [1.807, 2.05) is 48.5 Å². The highest BCUT2D eigenvalue weighted by Crippen LogP contribution is 2.40. The molecule has 3 N–H and O–H groups in total. The first kappa shape index (κ1) is 19.4. The number of nitrogens with two attached hydrogens (primary N) is 1. The summed E-state index contributed by atoms with van der Waals surface area (Å²) in [6, 6.07) is 32.7. The van der Waals surface area contributed by atoms with Crippen molar-refractivity contribution >= 4 is 35.2 Å². The Morgan fingerprint density at radius 2 is 1.21 bits per heavy atom. The van der Waals surface area contributed by atoms with Gasteiger partial charge < -0.3 is 10.5 Å². The molecule has 0 spiro atoms. The monoisotopic (exact) mass is 397 g/mol. The smallest absolute Gasteiger partial charge is 0.258 e. The van der Waals surface area contributed by atoms with Gasteiger partial charge >= 0.3 is 0 Å². The first-order valence-corrected chi connectivity index (χ1v) is 12.0. The van der Waals surface area contributed by atoms with Crippen molar-refractivity contribution in [3.05, 3.63) is 103 Å². The van der Waals surface area contributed by atoms with E-state index in [1.165, 1.54) is 5.56 Å². The third-order valence-electron chi connectivity index (χ3n) is 6.04. The van der Waals surface area contributed by atoms with Gasteiger partial charge in [-0.3, -0.25) is 0 Å². The van der Waals surface area contributed by atoms with E-state index in [1.54, 1.807) is 0 Å². The summed E-state index contributed by atoms with van der Waals surface area (Å²) in [7, 11) is -3.04. The van der Waals surface area contributed by atoms with Crippen LogP contribution in [-0.2, 0) is 6.42 Å². The molecule has 0 saturated carbocycles. The Kier molecular flexibility index (Phi) is 5.03. The fourth-order valence-corrected chi connectivity index (χ4v) is 8.16. The van der Waals surface area contributed by atoms with Gasteiger partial charge in [-0.15, -0.1) is 0 Å². The van der Waals surface area contributed by atoms with Crippen molar-refractivity contribution in [1.29, 1.82) is 0 Å². The molecule has 3 heteroatoms. The molecule has 0 aliphatic rings. The SMILES string of the molecule is CC(C)(Cc1cccc2c(N)cccc12)[Si](O)(c1ccccc1)c1ccccc1. The van der Waals surface area contributed by atoms with Gasteiger partial charge in [-0.05, 0) is 38.8 Å². The van der Waals surface area contributed by atoms with Gasteiger partial charge in [-0.25, -0.2) is 0 Å². The van der Waals surface area contributed by atoms with Crippen LogP contribution in [0.4, 0.5) is 5.69 Å². The molecule has 0 saturated heterocycles. The van der Waals surface area contributed by atoms with E-state index in [9.17, 15) is 4.80 Å². The highest BCUT2D eigenvalue weighted by molar-refractivity contribution is 6.98. The zero-order valence-corrected chi connectivity index (χ0v) is 18.0. The quantitative estimate of drug-likeness (QED) is 0.385. The molecule has 0 aliphatic heterocycles. The Morgan fingerprint density at radius 1 is 0.690 bits per heavy atom. The molecule has 146 valence electrons. The van der Waals surface area contributed by atoms with Crippen LogP contribution in [0.15, 0.2) is 97.1 Å². The molecule has 2 nitrogen and oxygen atoms in total. The summed E-state index contributed by atoms with van der Waals surface area (Å²) in [5.74, 6) is 0. The summed E-state index contributed by atoms with van der Waals surface area (Å²) < 4.78 is 0. The third-order valence-corrected chi connectivity index (χ3v) is 10.5. The van der Waals surface area contributed by atoms with Crippen LogP contribution in [0, 0.1) is 0 Å². The van der Waals surface area contributed by atoms with Gasteiger partial charge in [0.05, 0.1) is 0 Å². The second kappa shape index (κ2) is 7.51. The predicted octanol–water partition coefficient (Wildman–Crippen LogP) is 4.50. The fourth-order valence-electron chi connectivity index (χ4n) is 4.46. The van der Waals surface area contributed by atoms with Gasteiger partial charge in [-0.1, -0.05) is 105 Å². The molecule has 0 atom stereocenters. The molecule has 4 aromatic rings. The Bertz CT molecular complexity index is 1080. The minimum absolute atomic E-state index is 0.339. The highest BCUT2D eigenvalue weighted by Gasteiger charge is 2.49. The Labute approximate surface area is 173 Å². The summed E-state index contributed by atoms with van der Waals surface area (Å²) in [5.41, 5.74) is 8.23. The molecule has 0 heterocycles. The third kappa shape index (κ3) is 3.37. The van der Waals surface area contributed by atoms with E-state index in [2.05, 4.69) is 62.4 Å². The molecule has 0 amide bonds. The van der Waals surface area contributed by atoms with Crippen LogP contribution < -0.4 is 16.1 Å². The summed E-state index contributed by atoms with van der Waals surface area (Å²) >= 11 is 0. The van der Waals surface area contributed by atoms with Crippen LogP contribution in [0.2, 0.25) is 5.04 Å². The van der Waals surface area contributed by atoms with Crippen LogP contribution in [0.3, 0.4) is 0 Å². The number of nitrogen functional groups attached to an aromatic ring is 1. The van der Waals surface area contributed by atoms with Gasteiger partial charge in [0.15, 0.2) is 0 Å². The summed E-state index contributed by atoms with van der Waals surface area (Å²) in [6.07, 6.45) is 0.764. The number of rotatable bonds is 5. The first-order valence-electron chi connectivity index (χ1n) is 10.0. The molecule has 29 heavy (non-hydrogen) atoms. The van der Waals surface area contributed by atoms with Crippen molar-refractivity contribution in [3.63, 3.8) is 0 Å². The number of hydrogen-bond acceptors (Lipinski definition) is 2. The molecule has 0 fully saturated rings. The van der Waals surface area contributed by atoms with Crippen LogP contribution in [0.5, 0.6) is 0 Å². The topological polar surface area (TPSA) is 46.2 Å². The predicted molar refractivity (Wildman–Crippen MR) is 126 cm³/mol. The van der Waals surface area contributed by atoms with E-state index in [-0.39, 0.29) is 5.04 Å². The van der Waals surface area contributed by atoms with Crippen LogP contribution in [0.25, 0.3) is 10.8 Å². The molecule has 4 rings (SSSR count). The Balaban J connectivity index is 1.87. The Morgan fingerprint density at radius 3 is 1.79 bits per heavy atom. The molecule has 0 bridgehead atoms. The van der Waals surface area contributed by atoms with Gasteiger partial charge in [0.25, 0.3) is 8.32 Å². The van der Waals surface area contributed by atoms with Gasteiger partial charge in [0.1, 0.15) is 0 Å². The van der Waals surface area contributed by atoms with Gasteiger partial charge in [0.2, 0.25) is 0 Å². The largest absolute Gasteiger partial charge is 0.424 e. The molecule has 0 aliphatic carbocycles. The minimum Gasteiger partial charge on any atom is -0.424 e. The second-order valence-electron chi connectivity index (χ2n) is 8.36. The minimum atomic E-state index is -3.04. The average molecular weight is 398 g/mol. The van der Waals surface area contributed by atoms with Crippen molar-refractivity contribution in [3.8, 4) is 0 Å². The maximum Gasteiger partial charge on any atom is 0.258 e. The second-order valence-corrected chi connectivity index (χ2v) is 12.3. The zero-order chi connectivity index (χ0) is 20.5. The average Bonchev–Trinajstić information content (AvgIpc) is 2.75. The number of hydrogen-bond donors (Lipinski definition) is 2. The van der Waals surface area contributed by atoms with Crippen molar-refractivity contribution in [2.45, 2.75) is 25.3 Å². The normalized spacial score (nSPS) is 12.2. The van der Waals surface area contributed by atoms with E-state index in [4.69, 9.17) is 5.73 Å². The summed E-state index contributed by atoms with van der Waals surface area (Å²) in [4.78, 5) is 12.4. The number of anilines is 1. The Hall–Kier alpha value is -2.88. The number of fused-ring (bicyclic) bond motifs is 1. The lowest BCUT2D eigenvalue weighted by Crippen LogP contribution is -2.65. The molecule has 0 aromatic heterocycles. The van der Waals surface area contributed by atoms with Crippen LogP contribution in [-0.4, -0.2) is 13.1 Å². The molecule has 4 aromatic carbocycles. The highest BCUT2D eigenvalue weighted by atomic mass is 28.4. The molecular formula is C26H27NOSi. The maximum atomic E-state index is 12.4. The van der Waals surface area contributed by atoms with Crippen molar-refractivity contribution in [1.82, 2.24) is 0 Å². The number of benzene rings is 4. The van der Waals surface area contributed by atoms with Crippen molar-refractivity contribution in [2.75, 3.05) is 5.73 Å². The zero-order valence-electron chi connectivity index (χ0n) is 17.0. The van der Waals surface area contributed by atoms with E-state index in [0.717, 1.165) is 33.3 Å².